The predicted molar refractivity (Wildman–Crippen MR) is 69.4 cm³/mol. The van der Waals surface area contributed by atoms with Crippen LogP contribution in [-0.2, 0) is 4.79 Å². The maximum atomic E-state index is 11.9. The highest BCUT2D eigenvalue weighted by Gasteiger charge is 2.21. The van der Waals surface area contributed by atoms with Gasteiger partial charge in [0, 0.05) is 12.6 Å². The number of halogens is 1. The summed E-state index contributed by atoms with van der Waals surface area (Å²) in [6.45, 7) is 3.87. The fourth-order valence-electron chi connectivity index (χ4n) is 1.78. The molecule has 5 heteroatoms. The van der Waals surface area contributed by atoms with E-state index in [1.165, 1.54) is 0 Å². The van der Waals surface area contributed by atoms with Crippen LogP contribution in [0, 0.1) is 0 Å². The minimum atomic E-state index is -0.0307. The van der Waals surface area contributed by atoms with Crippen LogP contribution in [0.25, 0.3) is 0 Å². The monoisotopic (exact) mass is 260 g/mol. The lowest BCUT2D eigenvalue weighted by Gasteiger charge is -2.15. The van der Waals surface area contributed by atoms with E-state index in [0.29, 0.717) is 6.04 Å². The summed E-state index contributed by atoms with van der Waals surface area (Å²) in [6, 6.07) is 2.33. The summed E-state index contributed by atoms with van der Waals surface area (Å²) in [7, 11) is 0. The molecule has 1 aliphatic heterocycles. The fourth-order valence-corrected chi connectivity index (χ4v) is 2.53. The molecule has 0 saturated carbocycles. The standard InChI is InChI=1S/C11H16N2OS.ClH/c1-8(9-3-5-15-7-9)11(14)13-10-2-4-12-6-10;/h3,5,7-8,10,12H,2,4,6H2,1H3,(H,13,14);1H. The Hall–Kier alpha value is -0.580. The molecule has 0 aliphatic carbocycles. The Morgan fingerprint density at radius 2 is 2.50 bits per heavy atom. The van der Waals surface area contributed by atoms with Gasteiger partial charge in [-0.3, -0.25) is 4.79 Å². The third kappa shape index (κ3) is 3.20. The zero-order valence-electron chi connectivity index (χ0n) is 9.23. The number of thiophene rings is 1. The van der Waals surface area contributed by atoms with Crippen molar-refractivity contribution < 1.29 is 4.79 Å². The first-order valence-electron chi connectivity index (χ1n) is 5.30. The molecule has 90 valence electrons. The number of hydrogen-bond donors (Lipinski definition) is 2. The Bertz CT molecular complexity index is 323. The molecule has 0 aromatic carbocycles. The average Bonchev–Trinajstić information content (AvgIpc) is 2.88. The van der Waals surface area contributed by atoms with E-state index in [4.69, 9.17) is 0 Å². The molecule has 2 atom stereocenters. The minimum absolute atomic E-state index is 0. The molecule has 3 nitrogen and oxygen atoms in total. The van der Waals surface area contributed by atoms with Gasteiger partial charge >= 0.3 is 0 Å². The van der Waals surface area contributed by atoms with Crippen molar-refractivity contribution in [3.05, 3.63) is 22.4 Å². The number of hydrogen-bond acceptors (Lipinski definition) is 3. The fraction of sp³-hybridized carbons (Fsp3) is 0.545. The Morgan fingerprint density at radius 1 is 1.69 bits per heavy atom. The lowest BCUT2D eigenvalue weighted by atomic mass is 10.0. The second-order valence-corrected chi connectivity index (χ2v) is 4.76. The molecule has 0 spiro atoms. The van der Waals surface area contributed by atoms with Crippen LogP contribution in [0.2, 0.25) is 0 Å². The van der Waals surface area contributed by atoms with Gasteiger partial charge in [0.2, 0.25) is 5.91 Å². The Kier molecular flexibility index (Phi) is 5.25. The number of carbonyl (C=O) groups is 1. The molecule has 1 aliphatic rings. The first kappa shape index (κ1) is 13.5. The van der Waals surface area contributed by atoms with Crippen molar-refractivity contribution in [2.45, 2.75) is 25.3 Å². The summed E-state index contributed by atoms with van der Waals surface area (Å²) in [5.41, 5.74) is 1.11. The summed E-state index contributed by atoms with van der Waals surface area (Å²) in [5, 5.41) is 10.4. The van der Waals surface area contributed by atoms with E-state index in [9.17, 15) is 4.79 Å². The van der Waals surface area contributed by atoms with E-state index in [0.717, 1.165) is 25.1 Å². The Labute approximate surface area is 106 Å². The van der Waals surface area contributed by atoms with E-state index >= 15 is 0 Å². The summed E-state index contributed by atoms with van der Waals surface area (Å²) >= 11 is 1.64. The van der Waals surface area contributed by atoms with E-state index in [1.807, 2.05) is 23.8 Å². The third-order valence-corrected chi connectivity index (χ3v) is 3.54. The second-order valence-electron chi connectivity index (χ2n) is 3.98. The lowest BCUT2D eigenvalue weighted by molar-refractivity contribution is -0.122. The molecule has 1 saturated heterocycles. The van der Waals surface area contributed by atoms with Crippen LogP contribution in [0.4, 0.5) is 0 Å². The Morgan fingerprint density at radius 3 is 3.06 bits per heavy atom. The van der Waals surface area contributed by atoms with Gasteiger partial charge in [0.25, 0.3) is 0 Å². The molecule has 2 rings (SSSR count). The summed E-state index contributed by atoms with van der Waals surface area (Å²) < 4.78 is 0. The van der Waals surface area contributed by atoms with Gasteiger partial charge in [-0.25, -0.2) is 0 Å². The van der Waals surface area contributed by atoms with Gasteiger partial charge in [-0.05, 0) is 42.3 Å². The minimum Gasteiger partial charge on any atom is -0.352 e. The smallest absolute Gasteiger partial charge is 0.227 e. The van der Waals surface area contributed by atoms with Crippen LogP contribution in [0.15, 0.2) is 16.8 Å². The van der Waals surface area contributed by atoms with Crippen molar-refractivity contribution in [3.63, 3.8) is 0 Å². The van der Waals surface area contributed by atoms with Gasteiger partial charge in [0.15, 0.2) is 0 Å². The van der Waals surface area contributed by atoms with Crippen molar-refractivity contribution in [2.24, 2.45) is 0 Å². The van der Waals surface area contributed by atoms with Crippen molar-refractivity contribution >= 4 is 29.7 Å². The van der Waals surface area contributed by atoms with E-state index in [1.54, 1.807) is 11.3 Å². The van der Waals surface area contributed by atoms with Crippen LogP contribution < -0.4 is 10.6 Å². The van der Waals surface area contributed by atoms with Crippen molar-refractivity contribution in [3.8, 4) is 0 Å². The summed E-state index contributed by atoms with van der Waals surface area (Å²) in [4.78, 5) is 11.9. The van der Waals surface area contributed by atoms with Crippen molar-refractivity contribution in [1.82, 2.24) is 10.6 Å². The third-order valence-electron chi connectivity index (χ3n) is 2.84. The van der Waals surface area contributed by atoms with Crippen LogP contribution in [0.5, 0.6) is 0 Å². The van der Waals surface area contributed by atoms with Crippen molar-refractivity contribution in [2.75, 3.05) is 13.1 Å². The highest BCUT2D eigenvalue weighted by Crippen LogP contribution is 2.18. The molecule has 0 bridgehead atoms. The molecule has 1 fully saturated rings. The SMILES string of the molecule is CC(C(=O)NC1CCNC1)c1ccsc1.Cl. The van der Waals surface area contributed by atoms with Crippen LogP contribution >= 0.6 is 23.7 Å². The van der Waals surface area contributed by atoms with E-state index in [-0.39, 0.29) is 24.2 Å². The zero-order valence-corrected chi connectivity index (χ0v) is 10.9. The molecule has 16 heavy (non-hydrogen) atoms. The number of amides is 1. The van der Waals surface area contributed by atoms with Gasteiger partial charge in [-0.15, -0.1) is 12.4 Å². The number of carbonyl (C=O) groups excluding carboxylic acids is 1. The molecule has 1 aromatic rings. The predicted octanol–water partition coefficient (Wildman–Crippen LogP) is 1.75. The van der Waals surface area contributed by atoms with Crippen molar-refractivity contribution in [1.29, 1.82) is 0 Å². The molecular formula is C11H17ClN2OS. The second kappa shape index (κ2) is 6.23. The highest BCUT2D eigenvalue weighted by molar-refractivity contribution is 7.08. The molecule has 2 unspecified atom stereocenters. The maximum absolute atomic E-state index is 11.9. The normalized spacial score (nSPS) is 21.2. The van der Waals surface area contributed by atoms with E-state index < -0.39 is 0 Å². The van der Waals surface area contributed by atoms with E-state index in [2.05, 4.69) is 10.6 Å². The molecule has 2 N–H and O–H groups in total. The largest absolute Gasteiger partial charge is 0.352 e. The summed E-state index contributed by atoms with van der Waals surface area (Å²) in [6.07, 6.45) is 1.04. The quantitative estimate of drug-likeness (QED) is 0.870. The van der Waals surface area contributed by atoms with Gasteiger partial charge < -0.3 is 10.6 Å². The topological polar surface area (TPSA) is 41.1 Å². The lowest BCUT2D eigenvalue weighted by Crippen LogP contribution is -2.38. The van der Waals surface area contributed by atoms with Crippen LogP contribution in [0.1, 0.15) is 24.8 Å². The highest BCUT2D eigenvalue weighted by atomic mass is 35.5. The average molecular weight is 261 g/mol. The molecule has 1 aromatic heterocycles. The Balaban J connectivity index is 0.00000128. The van der Waals surface area contributed by atoms with Gasteiger partial charge in [-0.1, -0.05) is 0 Å². The van der Waals surface area contributed by atoms with Crippen LogP contribution in [-0.4, -0.2) is 25.0 Å². The van der Waals surface area contributed by atoms with Crippen LogP contribution in [0.3, 0.4) is 0 Å². The summed E-state index contributed by atoms with van der Waals surface area (Å²) in [5.74, 6) is 0.110. The number of rotatable bonds is 3. The van der Waals surface area contributed by atoms with Gasteiger partial charge in [0.05, 0.1) is 5.92 Å². The molecule has 1 amide bonds. The molecule has 2 heterocycles. The number of nitrogens with one attached hydrogen (secondary N) is 2. The van der Waals surface area contributed by atoms with Gasteiger partial charge in [0.1, 0.15) is 0 Å². The van der Waals surface area contributed by atoms with Gasteiger partial charge in [-0.2, -0.15) is 11.3 Å². The molecular weight excluding hydrogens is 244 g/mol. The zero-order chi connectivity index (χ0) is 10.7. The first-order valence-corrected chi connectivity index (χ1v) is 6.25. The first-order chi connectivity index (χ1) is 7.27. The maximum Gasteiger partial charge on any atom is 0.227 e. The molecule has 0 radical (unpaired) electrons.